The number of halogens is 1. The first-order chi connectivity index (χ1) is 17.7. The van der Waals surface area contributed by atoms with Crippen molar-refractivity contribution in [3.05, 3.63) is 74.5 Å². The van der Waals surface area contributed by atoms with Crippen molar-refractivity contribution in [3.63, 3.8) is 0 Å². The zero-order chi connectivity index (χ0) is 27.1. The van der Waals surface area contributed by atoms with Crippen LogP contribution in [0.3, 0.4) is 0 Å². The standard InChI is InChI=1S/C29H32BrNO6/c1-7-34-23-15-21(14-22(30)27(23)37-16-20-13-11-10-12-17(20)4)26-24(28(32)35-8-2)18(5)31-19(6)25(26)29(33)36-9-3/h10-15H,7-9,16H2,1-6H3. The van der Waals surface area contributed by atoms with E-state index < -0.39 is 11.9 Å². The summed E-state index contributed by atoms with van der Waals surface area (Å²) in [6.45, 7) is 11.9. The minimum atomic E-state index is -0.568. The summed E-state index contributed by atoms with van der Waals surface area (Å²) < 4.78 is 23.4. The third-order valence-corrected chi connectivity index (χ3v) is 6.34. The minimum absolute atomic E-state index is 0.180. The summed E-state index contributed by atoms with van der Waals surface area (Å²) in [5.74, 6) is -0.145. The fourth-order valence-corrected chi connectivity index (χ4v) is 4.64. The lowest BCUT2D eigenvalue weighted by Crippen LogP contribution is -2.17. The molecule has 0 unspecified atom stereocenters. The molecule has 3 rings (SSSR count). The van der Waals surface area contributed by atoms with Crippen LogP contribution in [0.4, 0.5) is 0 Å². The van der Waals surface area contributed by atoms with Gasteiger partial charge in [-0.2, -0.15) is 0 Å². The number of carbonyl (C=O) groups excluding carboxylic acids is 2. The maximum Gasteiger partial charge on any atom is 0.340 e. The number of rotatable bonds is 10. The Labute approximate surface area is 226 Å². The van der Waals surface area contributed by atoms with Gasteiger partial charge in [-0.05, 0) is 86.3 Å². The van der Waals surface area contributed by atoms with E-state index in [1.165, 1.54) is 0 Å². The van der Waals surface area contributed by atoms with E-state index in [9.17, 15) is 9.59 Å². The molecule has 0 amide bonds. The topological polar surface area (TPSA) is 84.0 Å². The fraction of sp³-hybridized carbons (Fsp3) is 0.345. The van der Waals surface area contributed by atoms with E-state index in [2.05, 4.69) is 20.9 Å². The normalized spacial score (nSPS) is 10.7. The van der Waals surface area contributed by atoms with Gasteiger partial charge >= 0.3 is 11.9 Å². The van der Waals surface area contributed by atoms with Crippen LogP contribution >= 0.6 is 15.9 Å². The van der Waals surface area contributed by atoms with Crippen LogP contribution in [0.15, 0.2) is 40.9 Å². The monoisotopic (exact) mass is 569 g/mol. The molecule has 1 aromatic heterocycles. The fourth-order valence-electron chi connectivity index (χ4n) is 4.08. The Morgan fingerprint density at radius 3 is 1.97 bits per heavy atom. The van der Waals surface area contributed by atoms with Crippen molar-refractivity contribution in [2.45, 2.75) is 48.1 Å². The molecule has 0 bridgehead atoms. The van der Waals surface area contributed by atoms with E-state index in [0.717, 1.165) is 11.1 Å². The highest BCUT2D eigenvalue weighted by Gasteiger charge is 2.29. The number of pyridine rings is 1. The molecule has 1 heterocycles. The molecule has 0 aliphatic rings. The number of carbonyl (C=O) groups is 2. The van der Waals surface area contributed by atoms with Crippen LogP contribution in [-0.2, 0) is 16.1 Å². The van der Waals surface area contributed by atoms with Crippen LogP contribution in [-0.4, -0.2) is 36.7 Å². The summed E-state index contributed by atoms with van der Waals surface area (Å²) in [5, 5.41) is 0. The minimum Gasteiger partial charge on any atom is -0.490 e. The average Bonchev–Trinajstić information content (AvgIpc) is 2.84. The molecule has 0 atom stereocenters. The van der Waals surface area contributed by atoms with Crippen molar-refractivity contribution in [2.24, 2.45) is 0 Å². The molecule has 0 radical (unpaired) electrons. The molecule has 0 aliphatic carbocycles. The van der Waals surface area contributed by atoms with Crippen molar-refractivity contribution < 1.29 is 28.5 Å². The molecule has 8 heteroatoms. The van der Waals surface area contributed by atoms with Gasteiger partial charge < -0.3 is 18.9 Å². The number of ether oxygens (including phenoxy) is 4. The number of hydrogen-bond donors (Lipinski definition) is 0. The molecular formula is C29H32BrNO6. The second-order valence-corrected chi connectivity index (χ2v) is 9.14. The maximum atomic E-state index is 13.1. The van der Waals surface area contributed by atoms with Crippen LogP contribution in [0.5, 0.6) is 11.5 Å². The summed E-state index contributed by atoms with van der Waals surface area (Å²) in [5.41, 5.74) is 4.44. The van der Waals surface area contributed by atoms with Crippen LogP contribution < -0.4 is 9.47 Å². The highest BCUT2D eigenvalue weighted by molar-refractivity contribution is 9.10. The predicted molar refractivity (Wildman–Crippen MR) is 145 cm³/mol. The molecule has 2 aromatic carbocycles. The highest BCUT2D eigenvalue weighted by Crippen LogP contribution is 2.43. The molecule has 7 nitrogen and oxygen atoms in total. The first kappa shape index (κ1) is 28.2. The summed E-state index contributed by atoms with van der Waals surface area (Å²) in [6.07, 6.45) is 0. The van der Waals surface area contributed by atoms with E-state index in [4.69, 9.17) is 18.9 Å². The predicted octanol–water partition coefficient (Wildman–Crippen LogP) is 6.77. The van der Waals surface area contributed by atoms with E-state index in [0.29, 0.717) is 51.7 Å². The number of esters is 2. The van der Waals surface area contributed by atoms with Crippen molar-refractivity contribution in [3.8, 4) is 22.6 Å². The summed E-state index contributed by atoms with van der Waals surface area (Å²) in [6, 6.07) is 11.6. The van der Waals surface area contributed by atoms with Gasteiger partial charge in [0, 0.05) is 5.56 Å². The van der Waals surface area contributed by atoms with Gasteiger partial charge in [0.1, 0.15) is 6.61 Å². The van der Waals surface area contributed by atoms with Gasteiger partial charge in [0.15, 0.2) is 11.5 Å². The third-order valence-electron chi connectivity index (χ3n) is 5.75. The van der Waals surface area contributed by atoms with Crippen LogP contribution in [0, 0.1) is 20.8 Å². The lowest BCUT2D eigenvalue weighted by Gasteiger charge is -2.20. The van der Waals surface area contributed by atoms with Gasteiger partial charge in [-0.25, -0.2) is 9.59 Å². The van der Waals surface area contributed by atoms with E-state index in [1.807, 2.05) is 38.1 Å². The molecule has 0 N–H and O–H groups in total. The van der Waals surface area contributed by atoms with Gasteiger partial charge in [-0.3, -0.25) is 4.98 Å². The molecule has 0 saturated carbocycles. The van der Waals surface area contributed by atoms with Gasteiger partial charge in [0.2, 0.25) is 0 Å². The highest BCUT2D eigenvalue weighted by atomic mass is 79.9. The smallest absolute Gasteiger partial charge is 0.340 e. The first-order valence-electron chi connectivity index (χ1n) is 12.2. The largest absolute Gasteiger partial charge is 0.490 e. The summed E-state index contributed by atoms with van der Waals surface area (Å²) >= 11 is 3.63. The quantitative estimate of drug-likeness (QED) is 0.249. The summed E-state index contributed by atoms with van der Waals surface area (Å²) in [7, 11) is 0. The van der Waals surface area contributed by atoms with E-state index >= 15 is 0 Å². The SMILES string of the molecule is CCOC(=O)c1c(C)nc(C)c(C(=O)OCC)c1-c1cc(Br)c(OCc2ccccc2C)c(OCC)c1. The number of nitrogens with zero attached hydrogens (tertiary/aromatic N) is 1. The second kappa shape index (κ2) is 12.7. The van der Waals surface area contributed by atoms with Crippen LogP contribution in [0.25, 0.3) is 11.1 Å². The molecule has 0 spiro atoms. The van der Waals surface area contributed by atoms with Gasteiger partial charge in [0.05, 0.1) is 46.8 Å². The lowest BCUT2D eigenvalue weighted by molar-refractivity contribution is 0.0525. The van der Waals surface area contributed by atoms with Crippen molar-refractivity contribution in [1.29, 1.82) is 0 Å². The van der Waals surface area contributed by atoms with E-state index in [-0.39, 0.29) is 24.3 Å². The lowest BCUT2D eigenvalue weighted by atomic mass is 9.92. The molecular weight excluding hydrogens is 538 g/mol. The molecule has 3 aromatic rings. The Morgan fingerprint density at radius 1 is 0.838 bits per heavy atom. The Balaban J connectivity index is 2.23. The van der Waals surface area contributed by atoms with Gasteiger partial charge in [-0.1, -0.05) is 24.3 Å². The van der Waals surface area contributed by atoms with Crippen LogP contribution in [0.1, 0.15) is 64.0 Å². The Morgan fingerprint density at radius 2 is 1.43 bits per heavy atom. The average molecular weight is 570 g/mol. The molecule has 0 saturated heterocycles. The van der Waals surface area contributed by atoms with Gasteiger partial charge in [0.25, 0.3) is 0 Å². The number of aryl methyl sites for hydroxylation is 3. The van der Waals surface area contributed by atoms with Crippen molar-refractivity contribution >= 4 is 27.9 Å². The number of benzene rings is 2. The van der Waals surface area contributed by atoms with E-state index in [1.54, 1.807) is 39.8 Å². The molecule has 0 aliphatic heterocycles. The number of hydrogen-bond acceptors (Lipinski definition) is 7. The van der Waals surface area contributed by atoms with Crippen molar-refractivity contribution in [2.75, 3.05) is 19.8 Å². The first-order valence-corrected chi connectivity index (χ1v) is 13.0. The maximum absolute atomic E-state index is 13.1. The molecule has 196 valence electrons. The summed E-state index contributed by atoms with van der Waals surface area (Å²) in [4.78, 5) is 30.6. The van der Waals surface area contributed by atoms with Crippen LogP contribution in [0.2, 0.25) is 0 Å². The number of aromatic nitrogens is 1. The third kappa shape index (κ3) is 6.31. The Hall–Kier alpha value is -3.39. The zero-order valence-corrected chi connectivity index (χ0v) is 23.7. The Bertz CT molecular complexity index is 1260. The Kier molecular flexibility index (Phi) is 9.69. The van der Waals surface area contributed by atoms with Gasteiger partial charge in [-0.15, -0.1) is 0 Å². The molecule has 37 heavy (non-hydrogen) atoms. The van der Waals surface area contributed by atoms with Crippen molar-refractivity contribution in [1.82, 2.24) is 4.98 Å². The zero-order valence-electron chi connectivity index (χ0n) is 22.1. The molecule has 0 fully saturated rings. The second-order valence-electron chi connectivity index (χ2n) is 8.28.